The topological polar surface area (TPSA) is 164 Å². The Balaban J connectivity index is -0.000000408. The quantitative estimate of drug-likeness (QED) is 0.426. The second-order valence-electron chi connectivity index (χ2n) is 8.51. The van der Waals surface area contributed by atoms with E-state index < -0.39 is 0 Å². The molecular formula is C25H53N13. The number of aromatic nitrogens is 11. The van der Waals surface area contributed by atoms with Crippen molar-refractivity contribution in [2.24, 2.45) is 23.2 Å². The number of nitrogens with zero attached hydrogens (tertiary/aromatic N) is 11. The zero-order valence-corrected chi connectivity index (χ0v) is 25.1. The number of hydrogen-bond acceptors (Lipinski definition) is 10. The van der Waals surface area contributed by atoms with Gasteiger partial charge in [0.2, 0.25) is 0 Å². The number of aromatic amines is 2. The second kappa shape index (κ2) is 24.0. The fourth-order valence-electron chi connectivity index (χ4n) is 2.07. The molecule has 2 N–H and O–H groups in total. The minimum Gasteiger partial charge on any atom is -0.198 e. The van der Waals surface area contributed by atoms with Crippen LogP contribution in [0.2, 0.25) is 0 Å². The van der Waals surface area contributed by atoms with Crippen molar-refractivity contribution in [1.82, 2.24) is 56.2 Å². The van der Waals surface area contributed by atoms with Crippen LogP contribution in [0, 0.1) is 5.92 Å². The zero-order chi connectivity index (χ0) is 28.8. The van der Waals surface area contributed by atoms with Crippen LogP contribution in [-0.4, -0.2) is 68.2 Å². The van der Waals surface area contributed by atoms with Gasteiger partial charge in [-0.1, -0.05) is 95.7 Å². The smallest absolute Gasteiger partial charge is 0.177 e. The lowest BCUT2D eigenvalue weighted by Gasteiger charge is -1.98. The molecular weight excluding hydrogens is 482 g/mol. The standard InChI is InChI=1S/C6H10N2.C5H10N4.C5H9N3.C4H8N4.2C2H6.CH4/c1-5(2)6-3-4-7-8-6;1-4(2)5-6-8-9(3)7-5;1-4(2)5-3-6-8-7-5;1-3(2)4-5-7-8-6-4;2*1-2;/h4-5H,3H2,1-2H3;4H,1-3H3;3-4H,1-2H3,(H,6,7,8);3H,1-2H3,(H,5,6,7,8);2*1-2H3;1H4. The summed E-state index contributed by atoms with van der Waals surface area (Å²) in [6, 6.07) is 0. The molecule has 3 aromatic heterocycles. The van der Waals surface area contributed by atoms with Crippen molar-refractivity contribution in [3.63, 3.8) is 0 Å². The minimum atomic E-state index is 0. The normalized spacial score (nSPS) is 10.9. The van der Waals surface area contributed by atoms with Gasteiger partial charge >= 0.3 is 0 Å². The molecule has 0 radical (unpaired) electrons. The van der Waals surface area contributed by atoms with E-state index in [4.69, 9.17) is 0 Å². The van der Waals surface area contributed by atoms with Crippen LogP contribution in [0.15, 0.2) is 16.4 Å². The van der Waals surface area contributed by atoms with Crippen molar-refractivity contribution in [3.05, 3.63) is 23.5 Å². The monoisotopic (exact) mass is 535 g/mol. The van der Waals surface area contributed by atoms with Gasteiger partial charge in [-0.25, -0.2) is 0 Å². The Kier molecular flexibility index (Phi) is 24.7. The van der Waals surface area contributed by atoms with Crippen molar-refractivity contribution in [2.75, 3.05) is 0 Å². The maximum atomic E-state index is 4.00. The third kappa shape index (κ3) is 18.0. The molecule has 13 heteroatoms. The van der Waals surface area contributed by atoms with Gasteiger partial charge in [-0.2, -0.15) is 35.6 Å². The van der Waals surface area contributed by atoms with Crippen molar-refractivity contribution in [2.45, 2.75) is 115 Å². The molecule has 0 amide bonds. The summed E-state index contributed by atoms with van der Waals surface area (Å²) in [7, 11) is 1.76. The fourth-order valence-corrected chi connectivity index (χ4v) is 2.07. The Labute approximate surface area is 229 Å². The maximum Gasteiger partial charge on any atom is 0.177 e. The van der Waals surface area contributed by atoms with Crippen molar-refractivity contribution >= 4 is 11.9 Å². The largest absolute Gasteiger partial charge is 0.198 e. The first-order valence-electron chi connectivity index (χ1n) is 13.0. The Bertz CT molecular complexity index is 884. The van der Waals surface area contributed by atoms with Crippen LogP contribution in [0.1, 0.15) is 132 Å². The molecule has 0 aromatic carbocycles. The molecule has 0 aliphatic carbocycles. The predicted octanol–water partition coefficient (Wildman–Crippen LogP) is 5.75. The van der Waals surface area contributed by atoms with Crippen LogP contribution in [0.25, 0.3) is 0 Å². The van der Waals surface area contributed by atoms with E-state index >= 15 is 0 Å². The molecule has 3 aromatic rings. The summed E-state index contributed by atoms with van der Waals surface area (Å²) in [6.45, 7) is 24.5. The van der Waals surface area contributed by atoms with Gasteiger partial charge in [0.25, 0.3) is 0 Å². The Hall–Kier alpha value is -3.38. The Morgan fingerprint density at radius 2 is 1.37 bits per heavy atom. The molecule has 1 aliphatic heterocycles. The van der Waals surface area contributed by atoms with Crippen molar-refractivity contribution in [3.8, 4) is 0 Å². The van der Waals surface area contributed by atoms with Crippen LogP contribution < -0.4 is 0 Å². The maximum absolute atomic E-state index is 4.00. The second-order valence-corrected chi connectivity index (χ2v) is 8.51. The van der Waals surface area contributed by atoms with Gasteiger partial charge in [0.15, 0.2) is 11.6 Å². The van der Waals surface area contributed by atoms with Crippen molar-refractivity contribution in [1.29, 1.82) is 0 Å². The van der Waals surface area contributed by atoms with Gasteiger partial charge < -0.3 is 0 Å². The van der Waals surface area contributed by atoms with E-state index in [9.17, 15) is 0 Å². The molecule has 38 heavy (non-hydrogen) atoms. The SMILES string of the molecule is C.CC.CC.CC(C)C1=NN=CC1.CC(C)c1cn[nH]n1.CC(C)c1nn[nH]n1.CC(C)c1nnn(C)n1. The van der Waals surface area contributed by atoms with E-state index in [1.807, 2.05) is 61.6 Å². The first-order chi connectivity index (χ1) is 17.6. The number of rotatable bonds is 4. The average molecular weight is 536 g/mol. The van der Waals surface area contributed by atoms with Crippen LogP contribution >= 0.6 is 0 Å². The minimum absolute atomic E-state index is 0. The molecule has 0 unspecified atom stereocenters. The van der Waals surface area contributed by atoms with E-state index in [2.05, 4.69) is 89.3 Å². The average Bonchev–Trinajstić information content (AvgIpc) is 3.69. The molecule has 4 heterocycles. The summed E-state index contributed by atoms with van der Waals surface area (Å²) in [5.74, 6) is 3.36. The van der Waals surface area contributed by atoms with Gasteiger partial charge in [-0.15, -0.1) is 20.4 Å². The molecule has 0 atom stereocenters. The van der Waals surface area contributed by atoms with Gasteiger partial charge in [-0.05, 0) is 17.0 Å². The molecule has 13 nitrogen and oxygen atoms in total. The molecule has 4 rings (SSSR count). The van der Waals surface area contributed by atoms with Gasteiger partial charge in [0.05, 0.1) is 18.9 Å². The highest BCUT2D eigenvalue weighted by Crippen LogP contribution is 2.07. The molecule has 0 bridgehead atoms. The van der Waals surface area contributed by atoms with E-state index in [0.29, 0.717) is 23.7 Å². The molecule has 0 fully saturated rings. The molecule has 218 valence electrons. The number of tetrazole rings is 2. The van der Waals surface area contributed by atoms with Crippen LogP contribution in [0.4, 0.5) is 0 Å². The van der Waals surface area contributed by atoms with E-state index in [-0.39, 0.29) is 7.43 Å². The Morgan fingerprint density at radius 1 is 0.763 bits per heavy atom. The third-order valence-corrected chi connectivity index (χ3v) is 4.18. The highest BCUT2D eigenvalue weighted by Gasteiger charge is 2.06. The van der Waals surface area contributed by atoms with Gasteiger partial charge in [0.1, 0.15) is 0 Å². The Morgan fingerprint density at radius 3 is 1.58 bits per heavy atom. The summed E-state index contributed by atoms with van der Waals surface area (Å²) in [4.78, 5) is 1.47. The number of nitrogens with one attached hydrogen (secondary N) is 2. The lowest BCUT2D eigenvalue weighted by atomic mass is 10.1. The summed E-state index contributed by atoms with van der Waals surface area (Å²) in [5, 5.41) is 42.6. The van der Waals surface area contributed by atoms with E-state index in [1.165, 1.54) is 10.5 Å². The van der Waals surface area contributed by atoms with Gasteiger partial charge in [-0.3, -0.25) is 0 Å². The molecule has 1 aliphatic rings. The zero-order valence-electron chi connectivity index (χ0n) is 25.1. The number of hydrogen-bond donors (Lipinski definition) is 2. The van der Waals surface area contributed by atoms with Crippen molar-refractivity contribution < 1.29 is 0 Å². The van der Waals surface area contributed by atoms with Gasteiger partial charge in [0, 0.05) is 30.2 Å². The summed E-state index contributed by atoms with van der Waals surface area (Å²) in [6.07, 6.45) is 4.54. The lowest BCUT2D eigenvalue weighted by molar-refractivity contribution is 0.625. The first kappa shape index (κ1) is 39.1. The summed E-state index contributed by atoms with van der Waals surface area (Å²) < 4.78 is 0. The molecule has 0 spiro atoms. The highest BCUT2D eigenvalue weighted by molar-refractivity contribution is 5.99. The number of H-pyrrole nitrogens is 2. The van der Waals surface area contributed by atoms with Crippen LogP contribution in [0.3, 0.4) is 0 Å². The summed E-state index contributed by atoms with van der Waals surface area (Å²) in [5.41, 5.74) is 2.22. The lowest BCUT2D eigenvalue weighted by Crippen LogP contribution is -2.03. The first-order valence-corrected chi connectivity index (χ1v) is 13.0. The van der Waals surface area contributed by atoms with Crippen LogP contribution in [-0.2, 0) is 7.05 Å². The number of aryl methyl sites for hydroxylation is 1. The summed E-state index contributed by atoms with van der Waals surface area (Å²) >= 11 is 0. The fraction of sp³-hybridized carbons (Fsp3) is 0.760. The van der Waals surface area contributed by atoms with Crippen LogP contribution in [0.5, 0.6) is 0 Å². The molecule has 0 saturated carbocycles. The van der Waals surface area contributed by atoms with E-state index in [1.54, 1.807) is 13.2 Å². The van der Waals surface area contributed by atoms with E-state index in [0.717, 1.165) is 23.8 Å². The molecule has 0 saturated heterocycles. The highest BCUT2D eigenvalue weighted by atomic mass is 15.6. The predicted molar refractivity (Wildman–Crippen MR) is 156 cm³/mol. The third-order valence-electron chi connectivity index (χ3n) is 4.18.